The summed E-state index contributed by atoms with van der Waals surface area (Å²) in [5, 5.41) is 0. The molecule has 0 aromatic rings. The van der Waals surface area contributed by atoms with Gasteiger partial charge in [-0.3, -0.25) is 0 Å². The highest BCUT2D eigenvalue weighted by atomic mass is 127. The molecule has 0 saturated heterocycles. The van der Waals surface area contributed by atoms with E-state index in [-0.39, 0.29) is 10.5 Å². The van der Waals surface area contributed by atoms with Gasteiger partial charge in [0.1, 0.15) is 0 Å². The van der Waals surface area contributed by atoms with Crippen LogP contribution in [0.1, 0.15) is 13.3 Å². The Morgan fingerprint density at radius 1 is 1.07 bits per heavy atom. The number of allylic oxidation sites excluding steroid dienone is 1. The number of hydrogen-bond acceptors (Lipinski definition) is 0. The van der Waals surface area contributed by atoms with Crippen molar-refractivity contribution in [3.05, 3.63) is 10.2 Å². The van der Waals surface area contributed by atoms with Gasteiger partial charge in [-0.1, -0.05) is 6.58 Å². The Balaban J connectivity index is 5.18. The van der Waals surface area contributed by atoms with Gasteiger partial charge in [0.15, 0.2) is 5.41 Å². The summed E-state index contributed by atoms with van der Waals surface area (Å²) >= 11 is 1.35. The minimum Gasteiger partial charge on any atom is -0.170 e. The lowest BCUT2D eigenvalue weighted by Gasteiger charge is -2.33. The lowest BCUT2D eigenvalue weighted by molar-refractivity contribution is -0.333. The molecule has 0 spiro atoms. The second-order valence-corrected chi connectivity index (χ2v) is 4.55. The highest BCUT2D eigenvalue weighted by Gasteiger charge is 2.67. The van der Waals surface area contributed by atoms with Crippen LogP contribution in [0.15, 0.2) is 10.2 Å². The molecule has 7 heteroatoms. The van der Waals surface area contributed by atoms with E-state index in [4.69, 9.17) is 0 Å². The van der Waals surface area contributed by atoms with Crippen LogP contribution in [0.2, 0.25) is 0 Å². The first-order chi connectivity index (χ1) is 5.92. The average Bonchev–Trinajstić information content (AvgIpc) is 1.79. The summed E-state index contributed by atoms with van der Waals surface area (Å²) in [7, 11) is 0. The van der Waals surface area contributed by atoms with Gasteiger partial charge in [0.25, 0.3) is 0 Å². The summed E-state index contributed by atoms with van der Waals surface area (Å²) in [5.74, 6) is 0. The summed E-state index contributed by atoms with van der Waals surface area (Å²) in [6.07, 6.45) is -11.8. The lowest BCUT2D eigenvalue weighted by Crippen LogP contribution is -2.47. The van der Waals surface area contributed by atoms with Crippen LogP contribution in [0.3, 0.4) is 0 Å². The molecule has 0 atom stereocenters. The molecular weight excluding hydrogens is 325 g/mol. The Morgan fingerprint density at radius 2 is 1.36 bits per heavy atom. The van der Waals surface area contributed by atoms with E-state index in [0.29, 0.717) is 0 Å². The number of alkyl halides is 6. The van der Waals surface area contributed by atoms with Crippen LogP contribution in [0.4, 0.5) is 26.3 Å². The van der Waals surface area contributed by atoms with E-state index in [0.717, 1.165) is 0 Å². The van der Waals surface area contributed by atoms with Gasteiger partial charge in [0.05, 0.1) is 0 Å². The first kappa shape index (κ1) is 14.1. The monoisotopic (exact) mass is 332 g/mol. The molecule has 0 amide bonds. The minimum atomic E-state index is -5.32. The third-order valence-corrected chi connectivity index (χ3v) is 2.18. The summed E-state index contributed by atoms with van der Waals surface area (Å²) in [4.78, 5) is 0. The first-order valence-corrected chi connectivity index (χ1v) is 4.46. The molecular formula is C7H7F6I. The zero-order valence-corrected chi connectivity index (χ0v) is 9.22. The predicted octanol–water partition coefficient (Wildman–Crippen LogP) is 4.46. The highest BCUT2D eigenvalue weighted by Crippen LogP contribution is 2.53. The Morgan fingerprint density at radius 3 is 1.43 bits per heavy atom. The van der Waals surface area contributed by atoms with E-state index in [2.05, 4.69) is 6.58 Å². The second-order valence-electron chi connectivity index (χ2n) is 3.02. The molecule has 0 N–H and O–H groups in total. The van der Waals surface area contributed by atoms with Gasteiger partial charge < -0.3 is 0 Å². The standard InChI is InChI=1S/C7H7F6I/c1-4(14)3-5(2,6(8,9)10)7(11,12)13/h1,3H2,2H3. The number of rotatable bonds is 2. The maximum absolute atomic E-state index is 12.2. The fourth-order valence-electron chi connectivity index (χ4n) is 0.745. The molecule has 0 saturated carbocycles. The SMILES string of the molecule is C=C(I)CC(C)(C(F)(F)F)C(F)(F)F. The lowest BCUT2D eigenvalue weighted by atomic mass is 9.85. The molecule has 0 aliphatic heterocycles. The third-order valence-electron chi connectivity index (χ3n) is 1.80. The molecule has 14 heavy (non-hydrogen) atoms. The van der Waals surface area contributed by atoms with Crippen molar-refractivity contribution in [1.29, 1.82) is 0 Å². The molecule has 0 unspecified atom stereocenters. The zero-order chi connectivity index (χ0) is 11.8. The van der Waals surface area contributed by atoms with Crippen LogP contribution in [0.25, 0.3) is 0 Å². The molecule has 84 valence electrons. The maximum atomic E-state index is 12.2. The van der Waals surface area contributed by atoms with Gasteiger partial charge in [-0.15, -0.1) is 0 Å². The molecule has 0 rings (SSSR count). The van der Waals surface area contributed by atoms with Crippen molar-refractivity contribution in [1.82, 2.24) is 0 Å². The molecule has 0 fully saturated rings. The Kier molecular flexibility index (Phi) is 3.91. The Hall–Kier alpha value is 0.0500. The molecule has 0 heterocycles. The maximum Gasteiger partial charge on any atom is 0.403 e. The Bertz CT molecular complexity index is 211. The summed E-state index contributed by atoms with van der Waals surface area (Å²) in [5.41, 5.74) is -3.71. The van der Waals surface area contributed by atoms with Gasteiger partial charge in [-0.2, -0.15) is 26.3 Å². The van der Waals surface area contributed by atoms with Crippen molar-refractivity contribution in [2.45, 2.75) is 25.7 Å². The van der Waals surface area contributed by atoms with Crippen molar-refractivity contribution < 1.29 is 26.3 Å². The van der Waals surface area contributed by atoms with Gasteiger partial charge >= 0.3 is 12.4 Å². The van der Waals surface area contributed by atoms with E-state index in [1.54, 1.807) is 0 Å². The largest absolute Gasteiger partial charge is 0.403 e. The van der Waals surface area contributed by atoms with Crippen molar-refractivity contribution >= 4 is 22.6 Å². The zero-order valence-electron chi connectivity index (χ0n) is 7.06. The predicted molar refractivity (Wildman–Crippen MR) is 48.0 cm³/mol. The average molecular weight is 332 g/mol. The van der Waals surface area contributed by atoms with Crippen LogP contribution in [-0.2, 0) is 0 Å². The van der Waals surface area contributed by atoms with Crippen LogP contribution in [0.5, 0.6) is 0 Å². The number of hydrogen-bond donors (Lipinski definition) is 0. The number of halogens is 7. The normalized spacial score (nSPS) is 14.3. The van der Waals surface area contributed by atoms with E-state index in [1.807, 2.05) is 0 Å². The molecule has 0 nitrogen and oxygen atoms in total. The topological polar surface area (TPSA) is 0 Å². The fourth-order valence-corrected chi connectivity index (χ4v) is 1.51. The summed E-state index contributed by atoms with van der Waals surface area (Å²) in [6, 6.07) is 0. The van der Waals surface area contributed by atoms with Gasteiger partial charge in [-0.05, 0) is 33.1 Å². The first-order valence-electron chi connectivity index (χ1n) is 3.38. The summed E-state index contributed by atoms with van der Waals surface area (Å²) in [6.45, 7) is 3.19. The van der Waals surface area contributed by atoms with Crippen LogP contribution >= 0.6 is 22.6 Å². The van der Waals surface area contributed by atoms with E-state index in [1.165, 1.54) is 22.6 Å². The molecule has 0 aliphatic rings. The van der Waals surface area contributed by atoms with Crippen LogP contribution in [0, 0.1) is 5.41 Å². The molecule has 0 radical (unpaired) electrons. The van der Waals surface area contributed by atoms with Gasteiger partial charge in [0.2, 0.25) is 0 Å². The minimum absolute atomic E-state index is 0.136. The van der Waals surface area contributed by atoms with Crippen LogP contribution < -0.4 is 0 Å². The molecule has 0 aromatic heterocycles. The Labute approximate surface area is 90.5 Å². The second kappa shape index (κ2) is 3.90. The summed E-state index contributed by atoms with van der Waals surface area (Å²) < 4.78 is 73.0. The molecule has 0 aromatic carbocycles. The third kappa shape index (κ3) is 2.77. The quantitative estimate of drug-likeness (QED) is 0.518. The van der Waals surface area contributed by atoms with Crippen molar-refractivity contribution in [3.8, 4) is 0 Å². The molecule has 0 bridgehead atoms. The fraction of sp³-hybridized carbons (Fsp3) is 0.714. The van der Waals surface area contributed by atoms with Crippen molar-refractivity contribution in [3.63, 3.8) is 0 Å². The highest BCUT2D eigenvalue weighted by molar-refractivity contribution is 14.1. The molecule has 0 aliphatic carbocycles. The van der Waals surface area contributed by atoms with Crippen molar-refractivity contribution in [2.24, 2.45) is 5.41 Å². The van der Waals surface area contributed by atoms with Crippen LogP contribution in [-0.4, -0.2) is 12.4 Å². The van der Waals surface area contributed by atoms with E-state index in [9.17, 15) is 26.3 Å². The van der Waals surface area contributed by atoms with E-state index < -0.39 is 24.2 Å². The van der Waals surface area contributed by atoms with Gasteiger partial charge in [0, 0.05) is 6.42 Å². The van der Waals surface area contributed by atoms with E-state index >= 15 is 0 Å². The van der Waals surface area contributed by atoms with Gasteiger partial charge in [-0.25, -0.2) is 0 Å². The smallest absolute Gasteiger partial charge is 0.170 e. The van der Waals surface area contributed by atoms with Crippen molar-refractivity contribution in [2.75, 3.05) is 0 Å².